The second-order valence-corrected chi connectivity index (χ2v) is 8.14. The van der Waals surface area contributed by atoms with E-state index < -0.39 is 5.60 Å². The molecule has 1 aromatic carbocycles. The molecular formula is C19H28N3O2SY-. The molecule has 0 bridgehead atoms. The minimum Gasteiger partial charge on any atom is -0.660 e. The van der Waals surface area contributed by atoms with Gasteiger partial charge in [-0.25, -0.2) is 9.29 Å². The topological polar surface area (TPSA) is 59.7 Å². The van der Waals surface area contributed by atoms with Crippen LogP contribution in [-0.2, 0) is 32.7 Å². The van der Waals surface area contributed by atoms with Gasteiger partial charge in [-0.05, 0) is 63.5 Å². The van der Waals surface area contributed by atoms with Crippen molar-refractivity contribution in [2.24, 2.45) is 0 Å². The van der Waals surface area contributed by atoms with Crippen molar-refractivity contribution >= 4 is 22.7 Å². The summed E-state index contributed by atoms with van der Waals surface area (Å²) in [5.41, 5.74) is -0.500. The van der Waals surface area contributed by atoms with E-state index in [0.29, 0.717) is 11.9 Å². The maximum Gasteiger partial charge on any atom is 0.221 e. The monoisotopic (exact) mass is 451 g/mol. The fourth-order valence-corrected chi connectivity index (χ4v) is 3.50. The summed E-state index contributed by atoms with van der Waals surface area (Å²) in [7, 11) is 1.66. The van der Waals surface area contributed by atoms with Crippen molar-refractivity contribution < 1.29 is 42.6 Å². The van der Waals surface area contributed by atoms with E-state index >= 15 is 0 Å². The van der Waals surface area contributed by atoms with Gasteiger partial charge >= 0.3 is 0 Å². The van der Waals surface area contributed by atoms with Crippen molar-refractivity contribution in [3.05, 3.63) is 35.8 Å². The molecule has 0 spiro atoms. The SMILES string of the molecule is CC(C)(C)O.COc1nccc2c(SN3CC[N-]CC3C)cccc12.[Y]. The zero-order valence-corrected chi connectivity index (χ0v) is 19.9. The minimum absolute atomic E-state index is 0. The van der Waals surface area contributed by atoms with Gasteiger partial charge in [0.25, 0.3) is 0 Å². The second-order valence-electron chi connectivity index (χ2n) is 7.05. The number of fused-ring (bicyclic) bond motifs is 1. The first-order valence-corrected chi connectivity index (χ1v) is 9.29. The molecule has 1 atom stereocenters. The average molecular weight is 451 g/mol. The number of pyridine rings is 1. The number of hydrogen-bond acceptors (Lipinski definition) is 5. The zero-order valence-electron chi connectivity index (χ0n) is 16.3. The van der Waals surface area contributed by atoms with Gasteiger partial charge in [-0.15, -0.1) is 13.1 Å². The van der Waals surface area contributed by atoms with Crippen LogP contribution < -0.4 is 4.74 Å². The number of benzene rings is 1. The number of nitrogens with zero attached hydrogens (tertiary/aromatic N) is 3. The largest absolute Gasteiger partial charge is 0.660 e. The molecular weight excluding hydrogens is 423 g/mol. The predicted molar refractivity (Wildman–Crippen MR) is 105 cm³/mol. The van der Waals surface area contributed by atoms with Crippen molar-refractivity contribution in [2.45, 2.75) is 44.2 Å². The first kappa shape index (κ1) is 23.8. The molecule has 5 nitrogen and oxygen atoms in total. The van der Waals surface area contributed by atoms with Gasteiger partial charge in [-0.3, -0.25) is 0 Å². The molecule has 7 heteroatoms. The van der Waals surface area contributed by atoms with E-state index in [1.165, 1.54) is 10.3 Å². The normalized spacial score (nSPS) is 17.8. The molecule has 1 saturated heterocycles. The third-order valence-electron chi connectivity index (χ3n) is 3.50. The van der Waals surface area contributed by atoms with Crippen LogP contribution in [0.15, 0.2) is 35.4 Å². The third kappa shape index (κ3) is 7.41. The predicted octanol–water partition coefficient (Wildman–Crippen LogP) is 4.10. The van der Waals surface area contributed by atoms with Crippen LogP contribution in [0.4, 0.5) is 0 Å². The van der Waals surface area contributed by atoms with Gasteiger partial charge in [0.2, 0.25) is 5.88 Å². The van der Waals surface area contributed by atoms with Crippen LogP contribution >= 0.6 is 11.9 Å². The summed E-state index contributed by atoms with van der Waals surface area (Å²) < 4.78 is 7.76. The van der Waals surface area contributed by atoms with E-state index in [1.54, 1.807) is 34.1 Å². The number of piperazine rings is 1. The van der Waals surface area contributed by atoms with E-state index in [2.05, 4.69) is 45.8 Å². The van der Waals surface area contributed by atoms with Gasteiger partial charge in [0, 0.05) is 54.6 Å². The molecule has 0 aliphatic carbocycles. The number of rotatable bonds is 3. The third-order valence-corrected chi connectivity index (χ3v) is 4.83. The molecule has 2 aromatic rings. The number of ether oxygens (including phenoxy) is 1. The molecule has 3 rings (SSSR count). The summed E-state index contributed by atoms with van der Waals surface area (Å²) in [5.74, 6) is 0.687. The quantitative estimate of drug-likeness (QED) is 0.712. The summed E-state index contributed by atoms with van der Waals surface area (Å²) in [6.07, 6.45) is 1.81. The Morgan fingerprint density at radius 1 is 1.27 bits per heavy atom. The van der Waals surface area contributed by atoms with Gasteiger partial charge in [-0.2, -0.15) is 0 Å². The van der Waals surface area contributed by atoms with Crippen molar-refractivity contribution in [2.75, 3.05) is 26.7 Å². The molecule has 1 N–H and O–H groups in total. The summed E-state index contributed by atoms with van der Waals surface area (Å²) in [6.45, 7) is 10.3. The molecule has 2 heterocycles. The minimum atomic E-state index is -0.500. The molecule has 1 aliphatic rings. The van der Waals surface area contributed by atoms with Gasteiger partial charge in [0.15, 0.2) is 0 Å². The van der Waals surface area contributed by atoms with Crippen LogP contribution in [0.3, 0.4) is 0 Å². The Balaban J connectivity index is 0.000000501. The summed E-state index contributed by atoms with van der Waals surface area (Å²) in [5, 5.41) is 15.2. The van der Waals surface area contributed by atoms with Crippen molar-refractivity contribution in [3.63, 3.8) is 0 Å². The average Bonchev–Trinajstić information content (AvgIpc) is 2.55. The number of hydrogen-bond donors (Lipinski definition) is 1. The van der Waals surface area contributed by atoms with Crippen molar-refractivity contribution in [1.82, 2.24) is 9.29 Å². The molecule has 1 unspecified atom stereocenters. The first-order valence-electron chi connectivity index (χ1n) is 8.51. The van der Waals surface area contributed by atoms with Crippen LogP contribution in [0.5, 0.6) is 5.88 Å². The number of aliphatic hydroxyl groups is 1. The molecule has 1 radical (unpaired) electrons. The van der Waals surface area contributed by atoms with Crippen LogP contribution in [0.25, 0.3) is 16.1 Å². The Morgan fingerprint density at radius 2 is 1.96 bits per heavy atom. The summed E-state index contributed by atoms with van der Waals surface area (Å²) >= 11 is 1.81. The van der Waals surface area contributed by atoms with Crippen LogP contribution in [0, 0.1) is 0 Å². The van der Waals surface area contributed by atoms with E-state index in [0.717, 1.165) is 25.0 Å². The Morgan fingerprint density at radius 3 is 2.58 bits per heavy atom. The zero-order chi connectivity index (χ0) is 18.4. The van der Waals surface area contributed by atoms with E-state index in [4.69, 9.17) is 9.84 Å². The molecule has 26 heavy (non-hydrogen) atoms. The first-order chi connectivity index (χ1) is 11.8. The van der Waals surface area contributed by atoms with Gasteiger partial charge in [0.05, 0.1) is 12.7 Å². The maximum absolute atomic E-state index is 8.52. The van der Waals surface area contributed by atoms with Crippen LogP contribution in [-0.4, -0.2) is 52.8 Å². The fourth-order valence-electron chi connectivity index (χ4n) is 2.41. The molecule has 1 aromatic heterocycles. The smallest absolute Gasteiger partial charge is 0.221 e. The Bertz CT molecular complexity index is 688. The van der Waals surface area contributed by atoms with Crippen LogP contribution in [0.2, 0.25) is 0 Å². The number of methoxy groups -OCH3 is 1. The summed E-state index contributed by atoms with van der Waals surface area (Å²) in [4.78, 5) is 5.52. The van der Waals surface area contributed by atoms with Crippen LogP contribution in [0.1, 0.15) is 27.7 Å². The second kappa shape index (κ2) is 10.9. The van der Waals surface area contributed by atoms with E-state index in [1.807, 2.05) is 11.9 Å². The Hall–Kier alpha value is -0.236. The van der Waals surface area contributed by atoms with Gasteiger partial charge in [0.1, 0.15) is 0 Å². The van der Waals surface area contributed by atoms with E-state index in [-0.39, 0.29) is 32.7 Å². The van der Waals surface area contributed by atoms with E-state index in [9.17, 15) is 0 Å². The number of aromatic nitrogens is 1. The van der Waals surface area contributed by atoms with Crippen molar-refractivity contribution in [1.29, 1.82) is 0 Å². The molecule has 0 saturated carbocycles. The maximum atomic E-state index is 8.52. The molecule has 0 amide bonds. The van der Waals surface area contributed by atoms with Gasteiger partial charge in [-0.1, -0.05) is 13.0 Å². The Kier molecular flexibility index (Phi) is 10.0. The standard InChI is InChI=1S/C15H18N3OS.C4H10O.Y/c1-11-10-16-8-9-18(11)20-14-5-3-4-13-12(14)6-7-17-15(13)19-2;1-4(2,3)5;/h3-7,11H,8-10H2,1-2H3;5H,1-3H3;/q-1;;. The molecule has 1 aliphatic heterocycles. The summed E-state index contributed by atoms with van der Waals surface area (Å²) in [6, 6.07) is 8.81. The van der Waals surface area contributed by atoms with Gasteiger partial charge < -0.3 is 15.2 Å². The van der Waals surface area contributed by atoms with Crippen molar-refractivity contribution in [3.8, 4) is 5.88 Å². The molecule has 141 valence electrons. The molecule has 1 fully saturated rings. The fraction of sp³-hybridized carbons (Fsp3) is 0.526. The Labute approximate surface area is 186 Å².